The van der Waals surface area contributed by atoms with Crippen LogP contribution in [0, 0.1) is 11.7 Å². The summed E-state index contributed by atoms with van der Waals surface area (Å²) in [5.41, 5.74) is 1.68. The zero-order chi connectivity index (χ0) is 22.2. The Morgan fingerprint density at radius 1 is 1.03 bits per heavy atom. The van der Waals surface area contributed by atoms with Crippen molar-refractivity contribution in [3.63, 3.8) is 0 Å². The third-order valence-electron chi connectivity index (χ3n) is 6.15. The Kier molecular flexibility index (Phi) is 8.18. The van der Waals surface area contributed by atoms with E-state index >= 15 is 0 Å². The van der Waals surface area contributed by atoms with Crippen LogP contribution in [-0.4, -0.2) is 54.3 Å². The van der Waals surface area contributed by atoms with Crippen LogP contribution in [0.5, 0.6) is 0 Å². The minimum atomic E-state index is -0.356. The quantitative estimate of drug-likeness (QED) is 0.698. The van der Waals surface area contributed by atoms with Crippen LogP contribution in [-0.2, 0) is 4.79 Å². The smallest absolute Gasteiger partial charge is 0.253 e. The second kappa shape index (κ2) is 11.0. The van der Waals surface area contributed by atoms with E-state index in [4.69, 9.17) is 0 Å². The van der Waals surface area contributed by atoms with Gasteiger partial charge in [0.15, 0.2) is 0 Å². The Bertz CT molecular complexity index is 845. The van der Waals surface area contributed by atoms with Gasteiger partial charge in [-0.1, -0.05) is 44.2 Å². The molecule has 2 aromatic carbocycles. The molecular weight excluding hydrogens is 393 g/mol. The maximum atomic E-state index is 13.1. The molecule has 1 saturated heterocycles. The van der Waals surface area contributed by atoms with Crippen LogP contribution in [0.3, 0.4) is 0 Å². The molecule has 0 spiro atoms. The van der Waals surface area contributed by atoms with Crippen LogP contribution in [0.15, 0.2) is 54.6 Å². The summed E-state index contributed by atoms with van der Waals surface area (Å²) in [5, 5.41) is 3.16. The van der Waals surface area contributed by atoms with Crippen LogP contribution in [0.1, 0.15) is 48.7 Å². The first-order chi connectivity index (χ1) is 15.0. The number of hydrogen-bond donors (Lipinski definition) is 1. The molecule has 1 N–H and O–H groups in total. The fourth-order valence-electron chi connectivity index (χ4n) is 4.26. The number of nitrogens with zero attached hydrogens (tertiary/aromatic N) is 2. The summed E-state index contributed by atoms with van der Waals surface area (Å²) in [4.78, 5) is 29.5. The van der Waals surface area contributed by atoms with E-state index in [9.17, 15) is 14.0 Å². The van der Waals surface area contributed by atoms with Crippen molar-refractivity contribution in [2.45, 2.75) is 32.7 Å². The van der Waals surface area contributed by atoms with Gasteiger partial charge in [0, 0.05) is 31.1 Å². The normalized spacial score (nSPS) is 15.7. The van der Waals surface area contributed by atoms with Crippen molar-refractivity contribution in [3.05, 3.63) is 71.5 Å². The van der Waals surface area contributed by atoms with Crippen molar-refractivity contribution in [1.29, 1.82) is 0 Å². The maximum Gasteiger partial charge on any atom is 0.253 e. The number of nitrogens with one attached hydrogen (secondary N) is 1. The molecule has 1 atom stereocenters. The van der Waals surface area contributed by atoms with Crippen molar-refractivity contribution in [1.82, 2.24) is 15.1 Å². The lowest BCUT2D eigenvalue weighted by atomic mass is 9.95. The lowest BCUT2D eigenvalue weighted by Gasteiger charge is -2.33. The van der Waals surface area contributed by atoms with Gasteiger partial charge >= 0.3 is 0 Å². The molecule has 0 aromatic heterocycles. The Morgan fingerprint density at radius 3 is 2.23 bits per heavy atom. The number of piperidine rings is 1. The third kappa shape index (κ3) is 5.91. The van der Waals surface area contributed by atoms with Gasteiger partial charge in [-0.05, 0) is 55.8 Å². The van der Waals surface area contributed by atoms with Gasteiger partial charge in [-0.15, -0.1) is 0 Å². The standard InChI is InChI=1S/C25H32FN3O2/c1-3-28(4-2)23(19-8-6-5-7-9-19)18-27-24(30)20-14-16-29(17-15-20)25(31)21-10-12-22(26)13-11-21/h5-13,20,23H,3-4,14-18H2,1-2H3,(H,27,30). The number of carbonyl (C=O) groups excluding carboxylic acids is 2. The van der Waals surface area contributed by atoms with Gasteiger partial charge in [-0.25, -0.2) is 4.39 Å². The summed E-state index contributed by atoms with van der Waals surface area (Å²) in [6, 6.07) is 16.0. The number of carbonyl (C=O) groups is 2. The van der Waals surface area contributed by atoms with E-state index in [0.717, 1.165) is 13.1 Å². The van der Waals surface area contributed by atoms with Gasteiger partial charge in [-0.2, -0.15) is 0 Å². The average molecular weight is 426 g/mol. The zero-order valence-corrected chi connectivity index (χ0v) is 18.4. The third-order valence-corrected chi connectivity index (χ3v) is 6.15. The van der Waals surface area contributed by atoms with E-state index in [1.54, 1.807) is 4.90 Å². The van der Waals surface area contributed by atoms with Gasteiger partial charge < -0.3 is 10.2 Å². The molecule has 1 aliphatic rings. The van der Waals surface area contributed by atoms with Crippen LogP contribution >= 0.6 is 0 Å². The van der Waals surface area contributed by atoms with Crippen molar-refractivity contribution >= 4 is 11.8 Å². The molecule has 0 saturated carbocycles. The van der Waals surface area contributed by atoms with Gasteiger partial charge in [0.2, 0.25) is 5.91 Å². The van der Waals surface area contributed by atoms with Gasteiger partial charge in [-0.3, -0.25) is 14.5 Å². The fraction of sp³-hybridized carbons (Fsp3) is 0.440. The number of likely N-dealkylation sites (N-methyl/N-ethyl adjacent to an activating group) is 1. The molecule has 1 unspecified atom stereocenters. The molecule has 3 rings (SSSR count). The van der Waals surface area contributed by atoms with Crippen molar-refractivity contribution < 1.29 is 14.0 Å². The van der Waals surface area contributed by atoms with Gasteiger partial charge in [0.05, 0.1) is 6.04 Å². The second-order valence-electron chi connectivity index (χ2n) is 7.97. The first-order valence-electron chi connectivity index (χ1n) is 11.1. The molecule has 5 nitrogen and oxygen atoms in total. The van der Waals surface area contributed by atoms with E-state index in [1.165, 1.54) is 29.8 Å². The van der Waals surface area contributed by atoms with Crippen LogP contribution in [0.4, 0.5) is 4.39 Å². The predicted octanol–water partition coefficient (Wildman–Crippen LogP) is 3.88. The highest BCUT2D eigenvalue weighted by Crippen LogP contribution is 2.22. The fourth-order valence-corrected chi connectivity index (χ4v) is 4.26. The van der Waals surface area contributed by atoms with Crippen LogP contribution in [0.25, 0.3) is 0 Å². The summed E-state index contributed by atoms with van der Waals surface area (Å²) < 4.78 is 13.1. The summed E-state index contributed by atoms with van der Waals surface area (Å²) in [7, 11) is 0. The Morgan fingerprint density at radius 2 is 1.65 bits per heavy atom. The first-order valence-corrected chi connectivity index (χ1v) is 11.1. The largest absolute Gasteiger partial charge is 0.354 e. The Balaban J connectivity index is 1.54. The first kappa shape index (κ1) is 22.9. The van der Waals surface area contributed by atoms with Crippen LogP contribution < -0.4 is 5.32 Å². The van der Waals surface area contributed by atoms with E-state index < -0.39 is 0 Å². The Labute approximate surface area is 184 Å². The van der Waals surface area contributed by atoms with E-state index in [0.29, 0.717) is 38.0 Å². The number of benzene rings is 2. The van der Waals surface area contributed by atoms with Crippen molar-refractivity contribution in [2.75, 3.05) is 32.7 Å². The number of hydrogen-bond acceptors (Lipinski definition) is 3. The molecule has 31 heavy (non-hydrogen) atoms. The molecule has 1 heterocycles. The molecule has 166 valence electrons. The highest BCUT2D eigenvalue weighted by atomic mass is 19.1. The predicted molar refractivity (Wildman–Crippen MR) is 120 cm³/mol. The highest BCUT2D eigenvalue weighted by Gasteiger charge is 2.28. The molecule has 1 fully saturated rings. The number of likely N-dealkylation sites (tertiary alicyclic amines) is 1. The molecule has 2 aromatic rings. The molecule has 6 heteroatoms. The summed E-state index contributed by atoms with van der Waals surface area (Å²) >= 11 is 0. The topological polar surface area (TPSA) is 52.7 Å². The molecule has 1 aliphatic heterocycles. The minimum Gasteiger partial charge on any atom is -0.354 e. The lowest BCUT2D eigenvalue weighted by molar-refractivity contribution is -0.126. The van der Waals surface area contributed by atoms with Crippen LogP contribution in [0.2, 0.25) is 0 Å². The Hall–Kier alpha value is -2.73. The maximum absolute atomic E-state index is 13.1. The molecule has 0 bridgehead atoms. The zero-order valence-electron chi connectivity index (χ0n) is 18.4. The minimum absolute atomic E-state index is 0.0574. The van der Waals surface area contributed by atoms with E-state index in [1.807, 2.05) is 18.2 Å². The molecule has 0 aliphatic carbocycles. The number of halogens is 1. The van der Waals surface area contributed by atoms with Gasteiger partial charge in [0.25, 0.3) is 5.91 Å². The molecular formula is C25H32FN3O2. The molecule has 0 radical (unpaired) electrons. The molecule has 2 amide bonds. The lowest BCUT2D eigenvalue weighted by Crippen LogP contribution is -2.45. The summed E-state index contributed by atoms with van der Waals surface area (Å²) in [6.07, 6.45) is 1.28. The monoisotopic (exact) mass is 425 g/mol. The summed E-state index contributed by atoms with van der Waals surface area (Å²) in [5.74, 6) is -0.498. The number of rotatable bonds is 8. The summed E-state index contributed by atoms with van der Waals surface area (Å²) in [6.45, 7) is 7.73. The van der Waals surface area contributed by atoms with Crippen molar-refractivity contribution in [2.24, 2.45) is 5.92 Å². The van der Waals surface area contributed by atoms with E-state index in [-0.39, 0.29) is 29.6 Å². The highest BCUT2D eigenvalue weighted by molar-refractivity contribution is 5.94. The SMILES string of the molecule is CCN(CC)C(CNC(=O)C1CCN(C(=O)c2ccc(F)cc2)CC1)c1ccccc1. The number of amides is 2. The average Bonchev–Trinajstić information content (AvgIpc) is 2.82. The van der Waals surface area contributed by atoms with Crippen molar-refractivity contribution in [3.8, 4) is 0 Å². The second-order valence-corrected chi connectivity index (χ2v) is 7.97. The van der Waals surface area contributed by atoms with E-state index in [2.05, 4.69) is 36.2 Å². The van der Waals surface area contributed by atoms with Gasteiger partial charge in [0.1, 0.15) is 5.82 Å².